The summed E-state index contributed by atoms with van der Waals surface area (Å²) < 4.78 is 1.51. The molecule has 0 unspecified atom stereocenters. The fourth-order valence-corrected chi connectivity index (χ4v) is 2.22. The number of allylic oxidation sites excluding steroid dienone is 2. The molecule has 0 atom stereocenters. The van der Waals surface area contributed by atoms with Crippen LogP contribution in [0.3, 0.4) is 0 Å². The fraction of sp³-hybridized carbons (Fsp3) is 0.667. The van der Waals surface area contributed by atoms with Gasteiger partial charge in [-0.2, -0.15) is 0 Å². The minimum absolute atomic E-state index is 1.07. The third-order valence-corrected chi connectivity index (χ3v) is 3.49. The molecule has 0 heterocycles. The highest BCUT2D eigenvalue weighted by Gasteiger charge is 2.07. The Kier molecular flexibility index (Phi) is 5.54. The van der Waals surface area contributed by atoms with E-state index < -0.39 is 0 Å². The average Bonchev–Trinajstić information content (AvgIpc) is 2.15. The highest BCUT2D eigenvalue weighted by atomic mass is 127. The second-order valence-corrected chi connectivity index (χ2v) is 4.80. The van der Waals surface area contributed by atoms with Crippen molar-refractivity contribution in [2.24, 2.45) is 0 Å². The third kappa shape index (κ3) is 4.17. The van der Waals surface area contributed by atoms with E-state index >= 15 is 0 Å². The van der Waals surface area contributed by atoms with E-state index in [1.54, 1.807) is 0 Å². The SMILES string of the molecule is CCCCC#CC1=C(I)CCCC1. The monoisotopic (exact) mass is 288 g/mol. The van der Waals surface area contributed by atoms with Crippen LogP contribution in [0, 0.1) is 11.8 Å². The zero-order valence-electron chi connectivity index (χ0n) is 8.33. The van der Waals surface area contributed by atoms with E-state index in [2.05, 4.69) is 41.4 Å². The van der Waals surface area contributed by atoms with Gasteiger partial charge in [-0.15, -0.1) is 0 Å². The van der Waals surface area contributed by atoms with Crippen molar-refractivity contribution in [1.29, 1.82) is 0 Å². The lowest BCUT2D eigenvalue weighted by Gasteiger charge is -2.10. The lowest BCUT2D eigenvalue weighted by atomic mass is 10.00. The maximum atomic E-state index is 3.33. The molecule has 13 heavy (non-hydrogen) atoms. The first-order valence-corrected chi connectivity index (χ1v) is 6.29. The highest BCUT2D eigenvalue weighted by molar-refractivity contribution is 14.1. The molecule has 0 bridgehead atoms. The molecule has 0 saturated carbocycles. The predicted molar refractivity (Wildman–Crippen MR) is 66.8 cm³/mol. The van der Waals surface area contributed by atoms with Crippen LogP contribution in [0.4, 0.5) is 0 Å². The minimum atomic E-state index is 1.07. The van der Waals surface area contributed by atoms with Gasteiger partial charge in [0.25, 0.3) is 0 Å². The van der Waals surface area contributed by atoms with Crippen molar-refractivity contribution in [3.8, 4) is 11.8 Å². The molecule has 0 aromatic rings. The molecule has 0 saturated heterocycles. The Morgan fingerprint density at radius 3 is 2.77 bits per heavy atom. The molecule has 0 amide bonds. The number of hydrogen-bond acceptors (Lipinski definition) is 0. The van der Waals surface area contributed by atoms with Crippen molar-refractivity contribution in [2.75, 3.05) is 0 Å². The molecule has 0 aromatic heterocycles. The number of halogens is 1. The maximum absolute atomic E-state index is 3.33. The summed E-state index contributed by atoms with van der Waals surface area (Å²) in [6.45, 7) is 2.21. The summed E-state index contributed by atoms with van der Waals surface area (Å²) in [6, 6.07) is 0. The van der Waals surface area contributed by atoms with Gasteiger partial charge in [0.1, 0.15) is 0 Å². The van der Waals surface area contributed by atoms with Crippen LogP contribution in [-0.2, 0) is 0 Å². The smallest absolute Gasteiger partial charge is 0.0113 e. The molecule has 0 N–H and O–H groups in total. The van der Waals surface area contributed by atoms with Crippen LogP contribution in [0.15, 0.2) is 9.15 Å². The summed E-state index contributed by atoms with van der Waals surface area (Å²) in [5, 5.41) is 0. The van der Waals surface area contributed by atoms with Crippen LogP contribution in [0.25, 0.3) is 0 Å². The predicted octanol–water partition coefficient (Wildman–Crippen LogP) is 4.44. The van der Waals surface area contributed by atoms with E-state index in [1.165, 1.54) is 47.7 Å². The first-order chi connectivity index (χ1) is 6.34. The number of rotatable bonds is 2. The van der Waals surface area contributed by atoms with Crippen molar-refractivity contribution in [3.05, 3.63) is 9.15 Å². The molecule has 0 aliphatic heterocycles. The molecule has 0 spiro atoms. The number of unbranched alkanes of at least 4 members (excludes halogenated alkanes) is 2. The van der Waals surface area contributed by atoms with Gasteiger partial charge in [-0.3, -0.25) is 0 Å². The zero-order chi connectivity index (χ0) is 9.52. The van der Waals surface area contributed by atoms with Gasteiger partial charge in [0, 0.05) is 15.6 Å². The fourth-order valence-electron chi connectivity index (χ4n) is 1.43. The molecule has 1 aliphatic rings. The second-order valence-electron chi connectivity index (χ2n) is 3.50. The molecule has 0 nitrogen and oxygen atoms in total. The molecule has 0 fully saturated rings. The van der Waals surface area contributed by atoms with E-state index in [1.807, 2.05) is 0 Å². The normalized spacial score (nSPS) is 16.8. The molecule has 1 rings (SSSR count). The quantitative estimate of drug-likeness (QED) is 0.400. The summed E-state index contributed by atoms with van der Waals surface area (Å²) in [5.41, 5.74) is 1.42. The zero-order valence-corrected chi connectivity index (χ0v) is 10.5. The molecule has 1 heteroatoms. The van der Waals surface area contributed by atoms with Crippen molar-refractivity contribution in [3.63, 3.8) is 0 Å². The third-order valence-electron chi connectivity index (χ3n) is 2.30. The molecule has 0 radical (unpaired) electrons. The molecular weight excluding hydrogens is 271 g/mol. The van der Waals surface area contributed by atoms with Gasteiger partial charge in [0.05, 0.1) is 0 Å². The Morgan fingerprint density at radius 2 is 2.08 bits per heavy atom. The van der Waals surface area contributed by atoms with E-state index in [4.69, 9.17) is 0 Å². The summed E-state index contributed by atoms with van der Waals surface area (Å²) in [7, 11) is 0. The summed E-state index contributed by atoms with van der Waals surface area (Å²) >= 11 is 2.46. The van der Waals surface area contributed by atoms with Crippen LogP contribution in [-0.4, -0.2) is 0 Å². The largest absolute Gasteiger partial charge is 0.0982 e. The Labute approximate surface area is 95.3 Å². The van der Waals surface area contributed by atoms with Gasteiger partial charge in [-0.05, 0) is 54.7 Å². The van der Waals surface area contributed by atoms with Crippen molar-refractivity contribution < 1.29 is 0 Å². The average molecular weight is 288 g/mol. The van der Waals surface area contributed by atoms with Gasteiger partial charge in [0.15, 0.2) is 0 Å². The van der Waals surface area contributed by atoms with Gasteiger partial charge >= 0.3 is 0 Å². The van der Waals surface area contributed by atoms with Crippen LogP contribution in [0.5, 0.6) is 0 Å². The van der Waals surface area contributed by atoms with Crippen molar-refractivity contribution in [2.45, 2.75) is 51.9 Å². The van der Waals surface area contributed by atoms with Crippen LogP contribution < -0.4 is 0 Å². The topological polar surface area (TPSA) is 0 Å². The number of hydrogen-bond donors (Lipinski definition) is 0. The van der Waals surface area contributed by atoms with Crippen LogP contribution in [0.1, 0.15) is 51.9 Å². The highest BCUT2D eigenvalue weighted by Crippen LogP contribution is 2.28. The van der Waals surface area contributed by atoms with E-state index in [0.717, 1.165) is 6.42 Å². The summed E-state index contributed by atoms with van der Waals surface area (Å²) in [6.07, 6.45) is 8.75. The lowest BCUT2D eigenvalue weighted by Crippen LogP contribution is -1.92. The standard InChI is InChI=1S/C12H17I/c1-2-3-4-5-8-11-9-6-7-10-12(11)13/h2-4,6-7,9-10H2,1H3. The molecule has 0 aromatic carbocycles. The van der Waals surface area contributed by atoms with E-state index in [-0.39, 0.29) is 0 Å². The first kappa shape index (κ1) is 11.1. The molecule has 72 valence electrons. The van der Waals surface area contributed by atoms with Crippen LogP contribution in [0.2, 0.25) is 0 Å². The first-order valence-electron chi connectivity index (χ1n) is 5.21. The second kappa shape index (κ2) is 6.48. The molecule has 1 aliphatic carbocycles. The van der Waals surface area contributed by atoms with Gasteiger partial charge < -0.3 is 0 Å². The van der Waals surface area contributed by atoms with Crippen molar-refractivity contribution >= 4 is 22.6 Å². The van der Waals surface area contributed by atoms with Gasteiger partial charge in [-0.25, -0.2) is 0 Å². The Bertz CT molecular complexity index is 240. The van der Waals surface area contributed by atoms with Crippen LogP contribution >= 0.6 is 22.6 Å². The van der Waals surface area contributed by atoms with Gasteiger partial charge in [-0.1, -0.05) is 25.2 Å². The molecular formula is C12H17I. The summed E-state index contributed by atoms with van der Waals surface area (Å²) in [4.78, 5) is 0. The Hall–Kier alpha value is 0.0300. The van der Waals surface area contributed by atoms with E-state index in [9.17, 15) is 0 Å². The minimum Gasteiger partial charge on any atom is -0.0982 e. The Morgan fingerprint density at radius 1 is 1.31 bits per heavy atom. The lowest BCUT2D eigenvalue weighted by molar-refractivity contribution is 0.711. The van der Waals surface area contributed by atoms with E-state index in [0.29, 0.717) is 0 Å². The van der Waals surface area contributed by atoms with Crippen molar-refractivity contribution in [1.82, 2.24) is 0 Å². The maximum Gasteiger partial charge on any atom is 0.0113 e. The van der Waals surface area contributed by atoms with Gasteiger partial charge in [0.2, 0.25) is 0 Å². The Balaban J connectivity index is 2.44. The summed E-state index contributed by atoms with van der Waals surface area (Å²) in [5.74, 6) is 6.60.